The van der Waals surface area contributed by atoms with Gasteiger partial charge < -0.3 is 14.5 Å². The Morgan fingerprint density at radius 3 is 2.61 bits per heavy atom. The van der Waals surface area contributed by atoms with Crippen LogP contribution in [0.15, 0.2) is 22.7 Å². The first-order valence-electron chi connectivity index (χ1n) is 11.9. The number of aliphatic hydroxyl groups excluding tert-OH is 1. The van der Waals surface area contributed by atoms with Crippen molar-refractivity contribution in [3.8, 4) is 0 Å². The quantitative estimate of drug-likeness (QED) is 0.572. The van der Waals surface area contributed by atoms with Gasteiger partial charge in [-0.15, -0.1) is 0 Å². The fourth-order valence-electron chi connectivity index (χ4n) is 5.48. The zero-order valence-electron chi connectivity index (χ0n) is 18.6. The van der Waals surface area contributed by atoms with E-state index in [2.05, 4.69) is 10.1 Å². The van der Waals surface area contributed by atoms with Crippen molar-refractivity contribution in [3.63, 3.8) is 0 Å². The highest BCUT2D eigenvalue weighted by molar-refractivity contribution is 6.31. The second-order valence-corrected chi connectivity index (χ2v) is 10.2. The highest BCUT2D eigenvalue weighted by Gasteiger charge is 2.27. The Morgan fingerprint density at radius 2 is 1.90 bits per heavy atom. The molecule has 0 unspecified atom stereocenters. The minimum atomic E-state index is -0.505. The predicted molar refractivity (Wildman–Crippen MR) is 123 cm³/mol. The lowest BCUT2D eigenvalue weighted by atomic mass is 9.78. The molecule has 1 saturated heterocycles. The Morgan fingerprint density at radius 1 is 1.19 bits per heavy atom. The van der Waals surface area contributed by atoms with Crippen LogP contribution >= 0.6 is 11.6 Å². The minimum absolute atomic E-state index is 0.226. The molecule has 4 rings (SSSR count). The Labute approximate surface area is 190 Å². The van der Waals surface area contributed by atoms with Gasteiger partial charge in [-0.1, -0.05) is 29.6 Å². The topological polar surface area (TPSA) is 66.6 Å². The predicted octanol–water partition coefficient (Wildman–Crippen LogP) is 5.59. The smallest absolute Gasteiger partial charge is 0.168 e. The third kappa shape index (κ3) is 6.09. The third-order valence-electron chi connectivity index (χ3n) is 7.30. The fraction of sp³-hybridized carbons (Fsp3) is 0.680. The summed E-state index contributed by atoms with van der Waals surface area (Å²) < 4.78 is 5.51. The molecule has 2 aromatic rings. The maximum absolute atomic E-state index is 12.0. The molecular formula is C25H35ClN2O3. The molecule has 5 nitrogen and oxygen atoms in total. The number of benzene rings is 1. The molecule has 2 fully saturated rings. The van der Waals surface area contributed by atoms with Crippen molar-refractivity contribution in [2.45, 2.75) is 76.7 Å². The number of likely N-dealkylation sites (tertiary alicyclic amines) is 1. The van der Waals surface area contributed by atoms with Gasteiger partial charge in [-0.3, -0.25) is 4.79 Å². The monoisotopic (exact) mass is 446 g/mol. The van der Waals surface area contributed by atoms with Crippen molar-refractivity contribution in [1.29, 1.82) is 0 Å². The van der Waals surface area contributed by atoms with Gasteiger partial charge in [0.15, 0.2) is 5.58 Å². The lowest BCUT2D eigenvalue weighted by molar-refractivity contribution is -0.121. The van der Waals surface area contributed by atoms with Crippen LogP contribution in [0.5, 0.6) is 0 Å². The zero-order valence-corrected chi connectivity index (χ0v) is 19.3. The summed E-state index contributed by atoms with van der Waals surface area (Å²) in [5.74, 6) is 2.02. The average Bonchev–Trinajstić information content (AvgIpc) is 3.16. The molecule has 0 amide bonds. The molecule has 6 heteroatoms. The summed E-state index contributed by atoms with van der Waals surface area (Å²) in [6, 6.07) is 5.79. The van der Waals surface area contributed by atoms with E-state index >= 15 is 0 Å². The first kappa shape index (κ1) is 22.8. The van der Waals surface area contributed by atoms with E-state index in [4.69, 9.17) is 16.1 Å². The second kappa shape index (κ2) is 10.5. The lowest BCUT2D eigenvalue weighted by Crippen LogP contribution is -2.35. The summed E-state index contributed by atoms with van der Waals surface area (Å²) in [6.45, 7) is 5.12. The van der Waals surface area contributed by atoms with Gasteiger partial charge in [-0.25, -0.2) is 0 Å². The Bertz CT molecular complexity index is 865. The van der Waals surface area contributed by atoms with E-state index in [9.17, 15) is 9.90 Å². The number of hydrogen-bond donors (Lipinski definition) is 1. The molecule has 1 atom stereocenters. The SMILES string of the molecule is C[C@@H](O)CC(=O)CC1CCC(CCN2CCC(c3noc4cc(Cl)ccc34)CC2)CC1. The molecule has 2 aliphatic rings. The van der Waals surface area contributed by atoms with Crippen molar-refractivity contribution in [2.24, 2.45) is 11.8 Å². The second-order valence-electron chi connectivity index (χ2n) is 9.80. The first-order chi connectivity index (χ1) is 15.0. The van der Waals surface area contributed by atoms with Crippen LogP contribution in [0.1, 0.15) is 76.3 Å². The van der Waals surface area contributed by atoms with E-state index < -0.39 is 6.10 Å². The Balaban J connectivity index is 1.17. The summed E-state index contributed by atoms with van der Waals surface area (Å²) in [6.07, 6.45) is 8.82. The number of aliphatic hydroxyl groups is 1. The van der Waals surface area contributed by atoms with E-state index in [1.807, 2.05) is 18.2 Å². The van der Waals surface area contributed by atoms with Crippen LogP contribution < -0.4 is 0 Å². The highest BCUT2D eigenvalue weighted by atomic mass is 35.5. The summed E-state index contributed by atoms with van der Waals surface area (Å²) in [5.41, 5.74) is 1.88. The van der Waals surface area contributed by atoms with Crippen LogP contribution in [0.4, 0.5) is 0 Å². The number of carbonyl (C=O) groups is 1. The van der Waals surface area contributed by atoms with Crippen LogP contribution in [0.2, 0.25) is 5.02 Å². The number of aromatic nitrogens is 1. The lowest BCUT2D eigenvalue weighted by Gasteiger charge is -2.34. The van der Waals surface area contributed by atoms with E-state index in [1.54, 1.807) is 6.92 Å². The molecule has 0 bridgehead atoms. The van der Waals surface area contributed by atoms with Crippen LogP contribution in [0, 0.1) is 11.8 Å². The number of fused-ring (bicyclic) bond motifs is 1. The van der Waals surface area contributed by atoms with Crippen molar-refractivity contribution < 1.29 is 14.4 Å². The molecule has 1 aliphatic heterocycles. The molecule has 1 N–H and O–H groups in total. The van der Waals surface area contributed by atoms with Gasteiger partial charge in [0.1, 0.15) is 5.78 Å². The van der Waals surface area contributed by atoms with Crippen molar-refractivity contribution in [1.82, 2.24) is 10.1 Å². The summed E-state index contributed by atoms with van der Waals surface area (Å²) in [4.78, 5) is 14.6. The van der Waals surface area contributed by atoms with Crippen LogP contribution in [0.25, 0.3) is 11.0 Å². The molecule has 0 spiro atoms. The standard InChI is InChI=1S/C25H35ClN2O3/c1-17(29)14-22(30)15-19-4-2-18(3-5-19)8-11-28-12-9-20(10-13-28)25-23-7-6-21(26)16-24(23)31-27-25/h6-7,16-20,29H,2-5,8-15H2,1H3/t17-,18?,19?/m1/s1. The number of rotatable bonds is 8. The van der Waals surface area contributed by atoms with Crippen LogP contribution in [0.3, 0.4) is 0 Å². The molecule has 1 aromatic carbocycles. The first-order valence-corrected chi connectivity index (χ1v) is 12.3. The highest BCUT2D eigenvalue weighted by Crippen LogP contribution is 2.35. The average molecular weight is 447 g/mol. The van der Waals surface area contributed by atoms with Gasteiger partial charge in [-0.05, 0) is 82.6 Å². The number of piperidine rings is 1. The molecule has 31 heavy (non-hydrogen) atoms. The Hall–Kier alpha value is -1.43. The molecule has 2 heterocycles. The number of ketones is 1. The number of nitrogens with zero attached hydrogens (tertiary/aromatic N) is 2. The van der Waals surface area contributed by atoms with Gasteiger partial charge in [0.25, 0.3) is 0 Å². The molecule has 170 valence electrons. The van der Waals surface area contributed by atoms with Crippen LogP contribution in [-0.4, -0.2) is 46.7 Å². The summed E-state index contributed by atoms with van der Waals surface area (Å²) in [5, 5.41) is 15.5. The molecule has 1 aromatic heterocycles. The van der Waals surface area contributed by atoms with Crippen LogP contribution in [-0.2, 0) is 4.79 Å². The van der Waals surface area contributed by atoms with E-state index in [-0.39, 0.29) is 5.78 Å². The molecular weight excluding hydrogens is 412 g/mol. The summed E-state index contributed by atoms with van der Waals surface area (Å²) >= 11 is 6.06. The zero-order chi connectivity index (χ0) is 21.8. The van der Waals surface area contributed by atoms with Gasteiger partial charge in [0, 0.05) is 35.2 Å². The van der Waals surface area contributed by atoms with Crippen molar-refractivity contribution >= 4 is 28.4 Å². The maximum atomic E-state index is 12.0. The van der Waals surface area contributed by atoms with Gasteiger partial charge in [-0.2, -0.15) is 0 Å². The van der Waals surface area contributed by atoms with Gasteiger partial charge in [0.05, 0.1) is 11.8 Å². The number of hydrogen-bond acceptors (Lipinski definition) is 5. The number of carbonyl (C=O) groups excluding carboxylic acids is 1. The Kier molecular flexibility index (Phi) is 7.68. The van der Waals surface area contributed by atoms with E-state index in [0.29, 0.717) is 29.7 Å². The van der Waals surface area contributed by atoms with E-state index in [1.165, 1.54) is 38.6 Å². The van der Waals surface area contributed by atoms with Crippen molar-refractivity contribution in [3.05, 3.63) is 28.9 Å². The minimum Gasteiger partial charge on any atom is -0.393 e. The summed E-state index contributed by atoms with van der Waals surface area (Å²) in [7, 11) is 0. The van der Waals surface area contributed by atoms with Gasteiger partial charge in [0.2, 0.25) is 0 Å². The number of Topliss-reactive ketones (excluding diaryl/α,β-unsaturated/α-hetero) is 1. The fourth-order valence-corrected chi connectivity index (χ4v) is 5.64. The maximum Gasteiger partial charge on any atom is 0.168 e. The number of halogens is 1. The van der Waals surface area contributed by atoms with Gasteiger partial charge >= 0.3 is 0 Å². The molecule has 1 saturated carbocycles. The van der Waals surface area contributed by atoms with E-state index in [0.717, 1.165) is 48.5 Å². The molecule has 1 aliphatic carbocycles. The van der Waals surface area contributed by atoms with Crippen molar-refractivity contribution in [2.75, 3.05) is 19.6 Å². The molecule has 0 radical (unpaired) electrons. The largest absolute Gasteiger partial charge is 0.393 e. The third-order valence-corrected chi connectivity index (χ3v) is 7.53. The normalized spacial score (nSPS) is 24.5.